The lowest BCUT2D eigenvalue weighted by Gasteiger charge is -2.39. The normalized spacial score (nSPS) is 49.2. The van der Waals surface area contributed by atoms with Gasteiger partial charge >= 0.3 is 0 Å². The van der Waals surface area contributed by atoms with Gasteiger partial charge in [0.25, 0.3) is 0 Å². The zero-order valence-electron chi connectivity index (χ0n) is 6.85. The van der Waals surface area contributed by atoms with E-state index in [0.717, 1.165) is 25.7 Å². The second kappa shape index (κ2) is 3.09. The zero-order chi connectivity index (χ0) is 8.72. The molecule has 2 rings (SSSR count). The number of hydrogen-bond donors (Lipinski definition) is 2. The van der Waals surface area contributed by atoms with E-state index in [0.29, 0.717) is 0 Å². The Kier molecular flexibility index (Phi) is 2.23. The van der Waals surface area contributed by atoms with E-state index in [9.17, 15) is 14.4 Å². The molecule has 0 aromatic rings. The van der Waals surface area contributed by atoms with Gasteiger partial charge in [0.15, 0.2) is 0 Å². The second-order valence-electron chi connectivity index (χ2n) is 3.69. The summed E-state index contributed by atoms with van der Waals surface area (Å²) in [5.41, 5.74) is 0. The molecule has 4 unspecified atom stereocenters. The third-order valence-corrected chi connectivity index (χ3v) is 5.24. The topological polar surface area (TPSA) is 57.5 Å². The van der Waals surface area contributed by atoms with Gasteiger partial charge in [-0.15, -0.1) is 0 Å². The molecule has 4 atom stereocenters. The quantitative estimate of drug-likeness (QED) is 0.633. The highest BCUT2D eigenvalue weighted by molar-refractivity contribution is 7.86. The van der Waals surface area contributed by atoms with Crippen molar-refractivity contribution in [3.8, 4) is 0 Å². The van der Waals surface area contributed by atoms with Crippen molar-refractivity contribution in [1.82, 2.24) is 0 Å². The Bertz CT molecular complexity index is 186. The van der Waals surface area contributed by atoms with Crippen molar-refractivity contribution < 1.29 is 14.4 Å². The lowest BCUT2D eigenvalue weighted by molar-refractivity contribution is 0.0873. The Balaban J connectivity index is 1.91. The van der Waals surface area contributed by atoms with Crippen LogP contribution in [0.5, 0.6) is 0 Å². The van der Waals surface area contributed by atoms with E-state index >= 15 is 0 Å². The number of rotatable bonds is 2. The summed E-state index contributed by atoms with van der Waals surface area (Å²) in [5.74, 6) is 0. The van der Waals surface area contributed by atoms with Gasteiger partial charge < -0.3 is 10.2 Å². The molecule has 0 radical (unpaired) electrons. The predicted octanol–water partition coefficient (Wildman–Crippen LogP) is -0.218. The van der Waals surface area contributed by atoms with Crippen LogP contribution in [0, 0.1) is 0 Å². The van der Waals surface area contributed by atoms with Crippen molar-refractivity contribution in [2.24, 2.45) is 0 Å². The molecule has 0 aromatic carbocycles. The first-order valence-corrected chi connectivity index (χ1v) is 5.73. The zero-order valence-corrected chi connectivity index (χ0v) is 7.67. The molecule has 0 aliphatic heterocycles. The summed E-state index contributed by atoms with van der Waals surface area (Å²) in [7, 11) is -0.996. The van der Waals surface area contributed by atoms with Gasteiger partial charge in [-0.1, -0.05) is 0 Å². The maximum absolute atomic E-state index is 11.6. The van der Waals surface area contributed by atoms with E-state index in [1.165, 1.54) is 0 Å². The summed E-state index contributed by atoms with van der Waals surface area (Å²) in [6.07, 6.45) is 2.52. The van der Waals surface area contributed by atoms with Crippen molar-refractivity contribution in [3.63, 3.8) is 0 Å². The highest BCUT2D eigenvalue weighted by Crippen LogP contribution is 2.33. The summed E-state index contributed by atoms with van der Waals surface area (Å²) >= 11 is 0. The largest absolute Gasteiger partial charge is 0.392 e. The molecule has 2 aliphatic carbocycles. The van der Waals surface area contributed by atoms with Crippen LogP contribution in [0.3, 0.4) is 0 Å². The molecule has 0 spiro atoms. The van der Waals surface area contributed by atoms with Crippen molar-refractivity contribution >= 4 is 10.8 Å². The summed E-state index contributed by atoms with van der Waals surface area (Å²) in [5, 5.41) is 18.4. The molecule has 2 fully saturated rings. The van der Waals surface area contributed by atoms with Gasteiger partial charge in [-0.3, -0.25) is 4.21 Å². The molecular formula is C8H14O3S. The van der Waals surface area contributed by atoms with Crippen molar-refractivity contribution in [1.29, 1.82) is 0 Å². The number of aliphatic hydroxyl groups is 2. The highest BCUT2D eigenvalue weighted by Gasteiger charge is 2.43. The highest BCUT2D eigenvalue weighted by atomic mass is 32.2. The average Bonchev–Trinajstić information content (AvgIpc) is 1.98. The third-order valence-electron chi connectivity index (χ3n) is 2.95. The van der Waals surface area contributed by atoms with Crippen LogP contribution in [-0.4, -0.2) is 37.1 Å². The van der Waals surface area contributed by atoms with E-state index in [1.807, 2.05) is 0 Å². The fraction of sp³-hybridized carbons (Fsp3) is 1.00. The Morgan fingerprint density at radius 1 is 0.917 bits per heavy atom. The van der Waals surface area contributed by atoms with Crippen LogP contribution < -0.4 is 0 Å². The minimum Gasteiger partial charge on any atom is -0.392 e. The average molecular weight is 190 g/mol. The SMILES string of the molecule is O=S(C1CCC1O)C1CCC1O. The Labute approximate surface area is 74.2 Å². The van der Waals surface area contributed by atoms with E-state index in [4.69, 9.17) is 0 Å². The van der Waals surface area contributed by atoms with Gasteiger partial charge in [-0.2, -0.15) is 0 Å². The van der Waals surface area contributed by atoms with E-state index in [1.54, 1.807) is 0 Å². The van der Waals surface area contributed by atoms with Gasteiger partial charge in [0.2, 0.25) is 0 Å². The molecule has 0 amide bonds. The van der Waals surface area contributed by atoms with Crippen LogP contribution in [-0.2, 0) is 10.8 Å². The molecule has 3 nitrogen and oxygen atoms in total. The minimum atomic E-state index is -0.996. The molecule has 0 heterocycles. The van der Waals surface area contributed by atoms with Crippen molar-refractivity contribution in [2.75, 3.05) is 0 Å². The number of aliphatic hydroxyl groups excluding tert-OH is 2. The molecule has 12 heavy (non-hydrogen) atoms. The summed E-state index contributed by atoms with van der Waals surface area (Å²) < 4.78 is 11.6. The van der Waals surface area contributed by atoms with Crippen LogP contribution in [0.25, 0.3) is 0 Å². The van der Waals surface area contributed by atoms with Crippen molar-refractivity contribution in [3.05, 3.63) is 0 Å². The van der Waals surface area contributed by atoms with E-state index in [2.05, 4.69) is 0 Å². The fourth-order valence-electron chi connectivity index (χ4n) is 1.67. The first-order chi connectivity index (χ1) is 5.70. The molecule has 70 valence electrons. The molecule has 2 saturated carbocycles. The predicted molar refractivity (Wildman–Crippen MR) is 46.2 cm³/mol. The first-order valence-electron chi connectivity index (χ1n) is 4.45. The third kappa shape index (κ3) is 1.22. The maximum atomic E-state index is 11.6. The molecule has 2 N–H and O–H groups in total. The van der Waals surface area contributed by atoms with Gasteiger partial charge in [-0.25, -0.2) is 0 Å². The van der Waals surface area contributed by atoms with Crippen LogP contribution >= 0.6 is 0 Å². The standard InChI is InChI=1S/C8H14O3S/c9-5-1-3-7(5)12(11)8-4-2-6(8)10/h5-10H,1-4H2. The van der Waals surface area contributed by atoms with Gasteiger partial charge in [-0.05, 0) is 25.7 Å². The Hall–Kier alpha value is 0.0700. The monoisotopic (exact) mass is 190 g/mol. The van der Waals surface area contributed by atoms with Gasteiger partial charge in [0, 0.05) is 10.8 Å². The maximum Gasteiger partial charge on any atom is 0.0684 e. The van der Waals surface area contributed by atoms with Crippen molar-refractivity contribution in [2.45, 2.75) is 48.4 Å². The smallest absolute Gasteiger partial charge is 0.0684 e. The lowest BCUT2D eigenvalue weighted by atomic mass is 9.95. The van der Waals surface area contributed by atoms with E-state index in [-0.39, 0.29) is 22.7 Å². The first kappa shape index (κ1) is 8.66. The van der Waals surface area contributed by atoms with Crippen LogP contribution in [0.2, 0.25) is 0 Å². The molecule has 0 saturated heterocycles. The second-order valence-corrected chi connectivity index (χ2v) is 5.56. The summed E-state index contributed by atoms with van der Waals surface area (Å²) in [6, 6.07) is 0. The van der Waals surface area contributed by atoms with E-state index < -0.39 is 10.8 Å². The fourth-order valence-corrected chi connectivity index (χ4v) is 3.75. The minimum absolute atomic E-state index is 0.0510. The molecule has 0 bridgehead atoms. The number of hydrogen-bond acceptors (Lipinski definition) is 3. The summed E-state index contributed by atoms with van der Waals surface area (Å²) in [4.78, 5) is 0. The van der Waals surface area contributed by atoms with Gasteiger partial charge in [0.1, 0.15) is 0 Å². The summed E-state index contributed by atoms with van der Waals surface area (Å²) in [6.45, 7) is 0. The molecule has 4 heteroatoms. The van der Waals surface area contributed by atoms with Crippen LogP contribution in [0.4, 0.5) is 0 Å². The Morgan fingerprint density at radius 2 is 1.33 bits per heavy atom. The van der Waals surface area contributed by atoms with Crippen LogP contribution in [0.15, 0.2) is 0 Å². The lowest BCUT2D eigenvalue weighted by Crippen LogP contribution is -2.50. The molecule has 0 aromatic heterocycles. The van der Waals surface area contributed by atoms with Gasteiger partial charge in [0.05, 0.1) is 22.7 Å². The molecular weight excluding hydrogens is 176 g/mol. The van der Waals surface area contributed by atoms with Crippen LogP contribution in [0.1, 0.15) is 25.7 Å². The Morgan fingerprint density at radius 3 is 1.50 bits per heavy atom. The molecule has 2 aliphatic rings.